The zero-order chi connectivity index (χ0) is 45.5. The van der Waals surface area contributed by atoms with Gasteiger partial charge in [-0.15, -0.1) is 0 Å². The molecular weight excluding hydrogens is 763 g/mol. The lowest BCUT2D eigenvalue weighted by Gasteiger charge is -2.28. The van der Waals surface area contributed by atoms with Gasteiger partial charge in [-0.3, -0.25) is 0 Å². The minimum atomic E-state index is -0.265. The smallest absolute Gasteiger partial charge is 0.328 e. The molecule has 1 aromatic carbocycles. The molecule has 0 spiro atoms. The lowest BCUT2D eigenvalue weighted by molar-refractivity contribution is 0.406. The highest BCUT2D eigenvalue weighted by atomic mass is 16.5. The number of ether oxygens (including phenoxy) is 1. The first-order chi connectivity index (χ1) is 29.8. The van der Waals surface area contributed by atoms with E-state index in [0.717, 1.165) is 37.1 Å². The highest BCUT2D eigenvalue weighted by Crippen LogP contribution is 2.42. The number of nitrogens with zero attached hydrogens (tertiary/aromatic N) is 5. The maximum Gasteiger partial charge on any atom is 0.328 e. The quantitative estimate of drug-likeness (QED) is 0.0674. The average molecular weight is 864 g/mol. The molecule has 0 fully saturated rings. The normalized spacial score (nSPS) is 12.0. The van der Waals surface area contributed by atoms with Crippen LogP contribution in [0.15, 0.2) is 12.1 Å². The van der Waals surface area contributed by atoms with Gasteiger partial charge in [0.15, 0.2) is 0 Å². The Bertz CT molecular complexity index is 1300. The molecule has 0 atom stereocenters. The van der Waals surface area contributed by atoms with Crippen LogP contribution in [0.2, 0.25) is 0 Å². The van der Waals surface area contributed by atoms with Crippen molar-refractivity contribution in [2.45, 2.75) is 272 Å². The Balaban J connectivity index is 1.91. The predicted octanol–water partition coefficient (Wildman–Crippen LogP) is 17.4. The van der Waals surface area contributed by atoms with E-state index < -0.39 is 0 Å². The van der Waals surface area contributed by atoms with Gasteiger partial charge in [-0.25, -0.2) is 0 Å². The lowest BCUT2D eigenvalue weighted by Crippen LogP contribution is -2.26. The lowest BCUT2D eigenvalue weighted by atomic mass is 9.79. The molecule has 7 nitrogen and oxygen atoms in total. The van der Waals surface area contributed by atoms with E-state index >= 15 is 0 Å². The summed E-state index contributed by atoms with van der Waals surface area (Å²) in [5.41, 5.74) is 1.18. The van der Waals surface area contributed by atoms with Gasteiger partial charge in [-0.05, 0) is 35.8 Å². The third-order valence-corrected chi connectivity index (χ3v) is 12.9. The molecule has 2 aromatic rings. The molecule has 0 aliphatic rings. The number of anilines is 2. The molecule has 358 valence electrons. The first-order valence-corrected chi connectivity index (χ1v) is 26.5. The summed E-state index contributed by atoms with van der Waals surface area (Å²) < 4.78 is 6.53. The van der Waals surface area contributed by atoms with Crippen LogP contribution in [-0.2, 0) is 10.8 Å². The van der Waals surface area contributed by atoms with Gasteiger partial charge in [0.25, 0.3) is 0 Å². The molecule has 0 unspecified atom stereocenters. The zero-order valence-electron chi connectivity index (χ0n) is 42.8. The molecule has 62 heavy (non-hydrogen) atoms. The molecule has 0 saturated carbocycles. The van der Waals surface area contributed by atoms with Gasteiger partial charge in [0, 0.05) is 38.3 Å². The Labute approximate surface area is 384 Å². The van der Waals surface area contributed by atoms with Gasteiger partial charge in [0.2, 0.25) is 11.9 Å². The summed E-state index contributed by atoms with van der Waals surface area (Å²) in [6.45, 7) is 19.1. The van der Waals surface area contributed by atoms with Gasteiger partial charge in [0.1, 0.15) is 11.5 Å². The molecule has 2 rings (SSSR count). The summed E-state index contributed by atoms with van der Waals surface area (Å²) in [6, 6.07) is 4.20. The van der Waals surface area contributed by atoms with Crippen molar-refractivity contribution in [2.75, 3.05) is 37.0 Å². The van der Waals surface area contributed by atoms with Gasteiger partial charge < -0.3 is 19.6 Å². The van der Waals surface area contributed by atoms with Gasteiger partial charge in [0.05, 0.1) is 0 Å². The Morgan fingerprint density at radius 3 is 0.935 bits per heavy atom. The molecule has 0 saturated heterocycles. The molecule has 1 N–H and O–H groups in total. The van der Waals surface area contributed by atoms with E-state index in [2.05, 4.69) is 79.3 Å². The number of unbranched alkanes of at least 4 members (excludes halogenated alkanes) is 30. The van der Waals surface area contributed by atoms with E-state index in [1.54, 1.807) is 0 Å². The fourth-order valence-electron chi connectivity index (χ4n) is 8.63. The Kier molecular flexibility index (Phi) is 29.6. The van der Waals surface area contributed by atoms with Crippen LogP contribution in [0, 0.1) is 0 Å². The molecule has 0 amide bonds. The van der Waals surface area contributed by atoms with Crippen molar-refractivity contribution in [3.8, 4) is 17.5 Å². The number of hydrogen-bond acceptors (Lipinski definition) is 7. The van der Waals surface area contributed by atoms with E-state index in [0.29, 0.717) is 29.4 Å². The maximum atomic E-state index is 11.3. The van der Waals surface area contributed by atoms with Crippen LogP contribution >= 0.6 is 0 Å². The minimum Gasteiger partial charge on any atom is -0.507 e. The number of aromatic hydroxyl groups is 1. The molecule has 1 heterocycles. The van der Waals surface area contributed by atoms with Crippen molar-refractivity contribution >= 4 is 11.9 Å². The number of aromatic nitrogens is 3. The van der Waals surface area contributed by atoms with Gasteiger partial charge >= 0.3 is 6.01 Å². The summed E-state index contributed by atoms with van der Waals surface area (Å²) in [5.74, 6) is 2.28. The zero-order valence-corrected chi connectivity index (χ0v) is 42.8. The topological polar surface area (TPSA) is 74.6 Å². The molecule has 0 radical (unpaired) electrons. The summed E-state index contributed by atoms with van der Waals surface area (Å²) >= 11 is 0. The molecule has 0 aliphatic carbocycles. The molecule has 0 aliphatic heterocycles. The standard InChI is InChI=1S/C55H101N5O2/c1-11-13-15-17-19-21-23-25-27-29-31-33-35-37-39-41-43-59(9)51-56-52(60(10)44-42-40-38-36-34-32-30-28-26-24-22-20-18-16-14-12-2)58-53(57-51)62-47-45-48(54(3,4)5)50(61)49(46-47)55(6,7)8/h45-46,61H,11-44H2,1-10H3. The first-order valence-electron chi connectivity index (χ1n) is 26.5. The number of rotatable bonds is 38. The fraction of sp³-hybridized carbons (Fsp3) is 0.836. The highest BCUT2D eigenvalue weighted by Gasteiger charge is 2.27. The predicted molar refractivity (Wildman–Crippen MR) is 271 cm³/mol. The van der Waals surface area contributed by atoms with Crippen LogP contribution in [0.1, 0.15) is 272 Å². The van der Waals surface area contributed by atoms with Crippen molar-refractivity contribution in [1.29, 1.82) is 0 Å². The van der Waals surface area contributed by atoms with Crippen LogP contribution in [0.25, 0.3) is 0 Å². The second-order valence-electron chi connectivity index (χ2n) is 21.1. The summed E-state index contributed by atoms with van der Waals surface area (Å²) in [7, 11) is 4.19. The van der Waals surface area contributed by atoms with E-state index in [1.165, 1.54) is 193 Å². The van der Waals surface area contributed by atoms with Crippen LogP contribution < -0.4 is 14.5 Å². The van der Waals surface area contributed by atoms with Crippen LogP contribution in [0.3, 0.4) is 0 Å². The van der Waals surface area contributed by atoms with Crippen molar-refractivity contribution in [3.63, 3.8) is 0 Å². The maximum absolute atomic E-state index is 11.3. The Morgan fingerprint density at radius 1 is 0.419 bits per heavy atom. The van der Waals surface area contributed by atoms with Crippen LogP contribution in [0.4, 0.5) is 11.9 Å². The Morgan fingerprint density at radius 2 is 0.677 bits per heavy atom. The van der Waals surface area contributed by atoms with Crippen molar-refractivity contribution in [2.24, 2.45) is 0 Å². The second kappa shape index (κ2) is 33.0. The van der Waals surface area contributed by atoms with Crippen molar-refractivity contribution in [1.82, 2.24) is 15.0 Å². The van der Waals surface area contributed by atoms with E-state index in [9.17, 15) is 5.11 Å². The largest absolute Gasteiger partial charge is 0.507 e. The monoisotopic (exact) mass is 864 g/mol. The number of phenols is 1. The first kappa shape index (κ1) is 55.6. The van der Waals surface area contributed by atoms with Gasteiger partial charge in [-0.2, -0.15) is 15.0 Å². The molecule has 0 bridgehead atoms. The molecule has 1 aromatic heterocycles. The number of phenolic OH excluding ortho intramolecular Hbond substituents is 1. The van der Waals surface area contributed by atoms with E-state index in [4.69, 9.17) is 19.7 Å². The van der Waals surface area contributed by atoms with Crippen LogP contribution in [0.5, 0.6) is 17.5 Å². The SMILES string of the molecule is CCCCCCCCCCCCCCCCCCN(C)c1nc(Oc2cc(C(C)(C)C)c(O)c(C(C)(C)C)c2)nc(N(C)CCCCCCCCCCCCCCCCCC)n1. The van der Waals surface area contributed by atoms with E-state index in [-0.39, 0.29) is 10.8 Å². The fourth-order valence-corrected chi connectivity index (χ4v) is 8.63. The second-order valence-corrected chi connectivity index (χ2v) is 21.1. The number of benzene rings is 1. The Hall–Kier alpha value is -2.57. The third kappa shape index (κ3) is 25.1. The van der Waals surface area contributed by atoms with Crippen molar-refractivity contribution in [3.05, 3.63) is 23.3 Å². The third-order valence-electron chi connectivity index (χ3n) is 12.9. The molecule has 7 heteroatoms. The summed E-state index contributed by atoms with van der Waals surface area (Å²) in [6.07, 6.45) is 43.7. The van der Waals surface area contributed by atoms with Gasteiger partial charge in [-0.1, -0.05) is 248 Å². The molecular formula is C55H101N5O2. The summed E-state index contributed by atoms with van der Waals surface area (Å²) in [4.78, 5) is 19.1. The van der Waals surface area contributed by atoms with Crippen molar-refractivity contribution < 1.29 is 9.84 Å². The van der Waals surface area contributed by atoms with E-state index in [1.807, 2.05) is 12.1 Å². The average Bonchev–Trinajstić information content (AvgIpc) is 3.22. The van der Waals surface area contributed by atoms with Crippen LogP contribution in [-0.4, -0.2) is 47.2 Å². The summed E-state index contributed by atoms with van der Waals surface area (Å²) in [5, 5.41) is 11.3. The minimum absolute atomic E-state index is 0.265. The highest BCUT2D eigenvalue weighted by molar-refractivity contribution is 5.52. The number of hydrogen-bond donors (Lipinski definition) is 1.